The topological polar surface area (TPSA) is 56.7 Å². The minimum absolute atomic E-state index is 0.793. The second kappa shape index (κ2) is 4.95. The van der Waals surface area contributed by atoms with Crippen molar-refractivity contribution in [1.29, 1.82) is 0 Å². The molecule has 0 fully saturated rings. The zero-order chi connectivity index (χ0) is 12.4. The van der Waals surface area contributed by atoms with Gasteiger partial charge in [0.15, 0.2) is 5.16 Å². The van der Waals surface area contributed by atoms with E-state index in [1.165, 1.54) is 0 Å². The van der Waals surface area contributed by atoms with E-state index in [2.05, 4.69) is 20.6 Å². The molecule has 0 aliphatic heterocycles. The van der Waals surface area contributed by atoms with Gasteiger partial charge in [-0.05, 0) is 6.07 Å². The third-order valence-corrected chi connectivity index (χ3v) is 4.35. The quantitative estimate of drug-likeness (QED) is 0.687. The minimum atomic E-state index is 0.793. The molecule has 0 bridgehead atoms. The van der Waals surface area contributed by atoms with Crippen molar-refractivity contribution in [3.8, 4) is 10.6 Å². The molecule has 0 radical (unpaired) electrons. The molecule has 0 aromatic carbocycles. The predicted molar refractivity (Wildman–Crippen MR) is 70.4 cm³/mol. The van der Waals surface area contributed by atoms with Crippen LogP contribution in [0.2, 0.25) is 0 Å². The number of thioether (sulfide) groups is 1. The first-order valence-corrected chi connectivity index (χ1v) is 7.13. The molecule has 3 aromatic heterocycles. The molecule has 18 heavy (non-hydrogen) atoms. The van der Waals surface area contributed by atoms with Gasteiger partial charge in [-0.3, -0.25) is 0 Å². The van der Waals surface area contributed by atoms with E-state index in [1.807, 2.05) is 17.7 Å². The lowest BCUT2D eigenvalue weighted by Gasteiger charge is -1.97. The van der Waals surface area contributed by atoms with Crippen molar-refractivity contribution in [2.45, 2.75) is 10.9 Å². The Bertz CT molecular complexity index is 629. The first-order valence-electron chi connectivity index (χ1n) is 5.26. The maximum absolute atomic E-state index is 5.05. The molecule has 0 amide bonds. The van der Waals surface area contributed by atoms with Gasteiger partial charge in [0, 0.05) is 23.7 Å². The largest absolute Gasteiger partial charge is 0.472 e. The number of aromatic nitrogens is 4. The van der Waals surface area contributed by atoms with Crippen LogP contribution in [0.1, 0.15) is 5.69 Å². The van der Waals surface area contributed by atoms with Crippen LogP contribution < -0.4 is 0 Å². The van der Waals surface area contributed by atoms with Crippen LogP contribution in [0.3, 0.4) is 0 Å². The van der Waals surface area contributed by atoms with E-state index >= 15 is 0 Å². The lowest BCUT2D eigenvalue weighted by molar-refractivity contribution is 0.568. The number of hydrogen-bond acceptors (Lipinski definition) is 6. The molecule has 5 nitrogen and oxygen atoms in total. The minimum Gasteiger partial charge on any atom is -0.472 e. The van der Waals surface area contributed by atoms with Crippen LogP contribution in [0, 0.1) is 0 Å². The maximum atomic E-state index is 5.05. The van der Waals surface area contributed by atoms with Crippen molar-refractivity contribution in [2.75, 3.05) is 0 Å². The Hall–Kier alpha value is -1.60. The fraction of sp³-hybridized carbons (Fsp3) is 0.182. The second-order valence-corrected chi connectivity index (χ2v) is 5.47. The van der Waals surface area contributed by atoms with Gasteiger partial charge in [-0.25, -0.2) is 4.98 Å². The second-order valence-electron chi connectivity index (χ2n) is 3.67. The van der Waals surface area contributed by atoms with Gasteiger partial charge >= 0.3 is 0 Å². The van der Waals surface area contributed by atoms with Crippen LogP contribution in [0.15, 0.2) is 39.9 Å². The van der Waals surface area contributed by atoms with Gasteiger partial charge in [0.1, 0.15) is 17.6 Å². The summed E-state index contributed by atoms with van der Waals surface area (Å²) in [6.07, 6.45) is 5.06. The van der Waals surface area contributed by atoms with E-state index in [1.54, 1.807) is 42.0 Å². The van der Waals surface area contributed by atoms with Crippen molar-refractivity contribution in [3.63, 3.8) is 0 Å². The Morgan fingerprint density at radius 1 is 1.50 bits per heavy atom. The zero-order valence-electron chi connectivity index (χ0n) is 9.61. The number of thiazole rings is 1. The molecular weight excluding hydrogens is 268 g/mol. The predicted octanol–water partition coefficient (Wildman–Crippen LogP) is 2.82. The van der Waals surface area contributed by atoms with Crippen LogP contribution in [-0.2, 0) is 12.8 Å². The summed E-state index contributed by atoms with van der Waals surface area (Å²) >= 11 is 3.25. The van der Waals surface area contributed by atoms with E-state index in [4.69, 9.17) is 4.42 Å². The smallest absolute Gasteiger partial charge is 0.191 e. The van der Waals surface area contributed by atoms with Crippen LogP contribution in [0.4, 0.5) is 0 Å². The van der Waals surface area contributed by atoms with Crippen molar-refractivity contribution < 1.29 is 4.42 Å². The summed E-state index contributed by atoms with van der Waals surface area (Å²) in [6, 6.07) is 1.92. The molecule has 3 rings (SSSR count). The third-order valence-electron chi connectivity index (χ3n) is 2.34. The average Bonchev–Trinajstić information content (AvgIpc) is 3.08. The number of furan rings is 1. The van der Waals surface area contributed by atoms with Crippen molar-refractivity contribution in [3.05, 3.63) is 36.0 Å². The van der Waals surface area contributed by atoms with Crippen LogP contribution in [0.25, 0.3) is 10.6 Å². The molecule has 0 aliphatic rings. The highest BCUT2D eigenvalue weighted by Crippen LogP contribution is 2.27. The monoisotopic (exact) mass is 278 g/mol. The molecular formula is C11H10N4OS2. The first-order chi connectivity index (χ1) is 8.83. The molecule has 0 unspecified atom stereocenters. The lowest BCUT2D eigenvalue weighted by atomic mass is 10.4. The van der Waals surface area contributed by atoms with Gasteiger partial charge in [0.05, 0.1) is 12.0 Å². The van der Waals surface area contributed by atoms with Gasteiger partial charge in [0.25, 0.3) is 0 Å². The van der Waals surface area contributed by atoms with E-state index in [-0.39, 0.29) is 0 Å². The zero-order valence-corrected chi connectivity index (χ0v) is 11.2. The Morgan fingerprint density at radius 3 is 3.17 bits per heavy atom. The average molecular weight is 278 g/mol. The van der Waals surface area contributed by atoms with E-state index in [0.717, 1.165) is 27.2 Å². The molecule has 92 valence electrons. The molecule has 0 saturated heterocycles. The SMILES string of the molecule is Cn1cnnc1SCc1csc(-c2ccoc2)n1. The van der Waals surface area contributed by atoms with Crippen molar-refractivity contribution >= 4 is 23.1 Å². The standard InChI is InChI=1S/C11H10N4OS2/c1-15-7-12-14-11(15)18-6-9-5-17-10(13-9)8-2-3-16-4-8/h2-5,7H,6H2,1H3. The highest BCUT2D eigenvalue weighted by Gasteiger charge is 2.08. The highest BCUT2D eigenvalue weighted by atomic mass is 32.2. The van der Waals surface area contributed by atoms with Crippen LogP contribution >= 0.6 is 23.1 Å². The maximum Gasteiger partial charge on any atom is 0.191 e. The summed E-state index contributed by atoms with van der Waals surface area (Å²) in [6.45, 7) is 0. The number of hydrogen-bond donors (Lipinski definition) is 0. The fourth-order valence-corrected chi connectivity index (χ4v) is 3.13. The molecule has 3 heterocycles. The molecule has 0 spiro atoms. The number of aryl methyl sites for hydroxylation is 1. The summed E-state index contributed by atoms with van der Waals surface area (Å²) in [5.74, 6) is 0.793. The van der Waals surface area contributed by atoms with Gasteiger partial charge in [0.2, 0.25) is 0 Å². The lowest BCUT2D eigenvalue weighted by Crippen LogP contribution is -1.89. The van der Waals surface area contributed by atoms with E-state index in [9.17, 15) is 0 Å². The molecule has 0 saturated carbocycles. The van der Waals surface area contributed by atoms with E-state index < -0.39 is 0 Å². The van der Waals surface area contributed by atoms with Gasteiger partial charge in [-0.1, -0.05) is 11.8 Å². The molecule has 0 N–H and O–H groups in total. The van der Waals surface area contributed by atoms with Gasteiger partial charge < -0.3 is 8.98 Å². The normalized spacial score (nSPS) is 10.9. The first kappa shape index (κ1) is 11.5. The Morgan fingerprint density at radius 2 is 2.44 bits per heavy atom. The summed E-state index contributed by atoms with van der Waals surface area (Å²) in [4.78, 5) is 4.56. The Labute approximate surface area is 112 Å². The number of rotatable bonds is 4. The summed E-state index contributed by atoms with van der Waals surface area (Å²) < 4.78 is 6.95. The highest BCUT2D eigenvalue weighted by molar-refractivity contribution is 7.98. The van der Waals surface area contributed by atoms with Crippen LogP contribution in [-0.4, -0.2) is 19.7 Å². The summed E-state index contributed by atoms with van der Waals surface area (Å²) in [7, 11) is 1.93. The third kappa shape index (κ3) is 2.32. The summed E-state index contributed by atoms with van der Waals surface area (Å²) in [5, 5.41) is 11.8. The van der Waals surface area contributed by atoms with Crippen molar-refractivity contribution in [1.82, 2.24) is 19.7 Å². The summed E-state index contributed by atoms with van der Waals surface area (Å²) in [5.41, 5.74) is 2.07. The molecule has 0 aliphatic carbocycles. The van der Waals surface area contributed by atoms with Crippen molar-refractivity contribution in [2.24, 2.45) is 7.05 Å². The molecule has 0 atom stereocenters. The molecule has 7 heteroatoms. The Balaban J connectivity index is 1.69. The van der Waals surface area contributed by atoms with Gasteiger partial charge in [-0.15, -0.1) is 21.5 Å². The fourth-order valence-electron chi connectivity index (χ4n) is 1.43. The van der Waals surface area contributed by atoms with Crippen LogP contribution in [0.5, 0.6) is 0 Å². The van der Waals surface area contributed by atoms with Gasteiger partial charge in [-0.2, -0.15) is 0 Å². The molecule has 3 aromatic rings. The number of nitrogens with zero attached hydrogens (tertiary/aromatic N) is 4. The Kier molecular flexibility index (Phi) is 3.16. The van der Waals surface area contributed by atoms with E-state index in [0.29, 0.717) is 0 Å².